The zero-order chi connectivity index (χ0) is 23.0. The molecule has 0 bridgehead atoms. The summed E-state index contributed by atoms with van der Waals surface area (Å²) in [6.45, 7) is 3.60. The molecule has 0 aromatic heterocycles. The molecule has 1 fully saturated rings. The van der Waals surface area contributed by atoms with E-state index in [9.17, 15) is 8.42 Å². The predicted molar refractivity (Wildman–Crippen MR) is 127 cm³/mol. The average molecular weight is 465 g/mol. The van der Waals surface area contributed by atoms with Crippen molar-refractivity contribution in [3.05, 3.63) is 89.5 Å². The first-order valence-electron chi connectivity index (χ1n) is 11.3. The smallest absolute Gasteiger partial charge is 0.244 e. The Morgan fingerprint density at radius 2 is 1.73 bits per heavy atom. The predicted octanol–water partition coefficient (Wildman–Crippen LogP) is 4.40. The molecule has 6 nitrogen and oxygen atoms in total. The Kier molecular flexibility index (Phi) is 5.86. The number of fused-ring (bicyclic) bond motifs is 3. The van der Waals surface area contributed by atoms with Gasteiger partial charge in [0.1, 0.15) is 6.17 Å². The lowest BCUT2D eigenvalue weighted by molar-refractivity contribution is 0.154. The highest BCUT2D eigenvalue weighted by molar-refractivity contribution is 7.89. The average Bonchev–Trinajstić information content (AvgIpc) is 3.26. The molecular formula is C26H28N2O4S. The summed E-state index contributed by atoms with van der Waals surface area (Å²) in [6.07, 6.45) is 0.454. The van der Waals surface area contributed by atoms with Crippen LogP contribution in [0.1, 0.15) is 35.8 Å². The maximum Gasteiger partial charge on any atom is 0.244 e. The molecule has 172 valence electrons. The molecule has 3 aromatic rings. The molecule has 3 aromatic carbocycles. The summed E-state index contributed by atoms with van der Waals surface area (Å²) >= 11 is 0. The molecule has 2 heterocycles. The van der Waals surface area contributed by atoms with Crippen LogP contribution in [-0.4, -0.2) is 44.4 Å². The highest BCUT2D eigenvalue weighted by atomic mass is 32.2. The minimum Gasteiger partial charge on any atom is -0.493 e. The van der Waals surface area contributed by atoms with Gasteiger partial charge in [-0.15, -0.1) is 0 Å². The van der Waals surface area contributed by atoms with Gasteiger partial charge >= 0.3 is 0 Å². The Morgan fingerprint density at radius 3 is 2.48 bits per heavy atom. The van der Waals surface area contributed by atoms with E-state index in [2.05, 4.69) is 23.1 Å². The molecule has 0 aliphatic carbocycles. The van der Waals surface area contributed by atoms with Gasteiger partial charge in [0.2, 0.25) is 10.0 Å². The second-order valence-electron chi connectivity index (χ2n) is 8.31. The van der Waals surface area contributed by atoms with Gasteiger partial charge in [-0.05, 0) is 54.3 Å². The molecule has 0 radical (unpaired) electrons. The lowest BCUT2D eigenvalue weighted by Crippen LogP contribution is -2.37. The van der Waals surface area contributed by atoms with Crippen LogP contribution in [0, 0.1) is 0 Å². The summed E-state index contributed by atoms with van der Waals surface area (Å²) in [5, 5.41) is 0. The fourth-order valence-electron chi connectivity index (χ4n) is 5.04. The number of benzene rings is 3. The van der Waals surface area contributed by atoms with Crippen molar-refractivity contribution in [2.45, 2.75) is 30.4 Å². The maximum absolute atomic E-state index is 13.9. The number of nitrogens with zero attached hydrogens (tertiary/aromatic N) is 2. The van der Waals surface area contributed by atoms with E-state index in [-0.39, 0.29) is 6.04 Å². The molecule has 5 rings (SSSR count). The SMILES string of the molecule is CCOc1cc([C@H]2N3CCc4ccccc4[C@H]3CN2S(=O)(=O)c2ccccc2)ccc1OC. The van der Waals surface area contributed by atoms with E-state index in [1.54, 1.807) is 35.7 Å². The van der Waals surface area contributed by atoms with Crippen molar-refractivity contribution in [1.82, 2.24) is 9.21 Å². The van der Waals surface area contributed by atoms with E-state index in [0.717, 1.165) is 18.5 Å². The molecule has 2 aliphatic heterocycles. The lowest BCUT2D eigenvalue weighted by atomic mass is 9.93. The molecule has 2 aliphatic rings. The molecule has 0 unspecified atom stereocenters. The number of rotatable bonds is 6. The van der Waals surface area contributed by atoms with E-state index >= 15 is 0 Å². The quantitative estimate of drug-likeness (QED) is 0.541. The molecular weight excluding hydrogens is 436 g/mol. The fourth-order valence-corrected chi connectivity index (χ4v) is 6.66. The van der Waals surface area contributed by atoms with Gasteiger partial charge in [-0.2, -0.15) is 4.31 Å². The van der Waals surface area contributed by atoms with E-state index in [1.165, 1.54) is 11.1 Å². The van der Waals surface area contributed by atoms with E-state index in [4.69, 9.17) is 9.47 Å². The molecule has 7 heteroatoms. The standard InChI is InChI=1S/C26H28N2O4S/c1-3-32-25-17-20(13-14-24(25)31-2)26-27-16-15-19-9-7-8-12-22(19)23(27)18-28(26)33(29,30)21-10-5-4-6-11-21/h4-14,17,23,26H,3,15-16,18H2,1-2H3/t23-,26+/m1/s1. The van der Waals surface area contributed by atoms with Crippen molar-refractivity contribution in [1.29, 1.82) is 0 Å². The number of ether oxygens (including phenoxy) is 2. The summed E-state index contributed by atoms with van der Waals surface area (Å²) < 4.78 is 40.6. The summed E-state index contributed by atoms with van der Waals surface area (Å²) in [5.74, 6) is 1.26. The number of hydrogen-bond acceptors (Lipinski definition) is 5. The molecule has 0 amide bonds. The van der Waals surface area contributed by atoms with Crippen molar-refractivity contribution in [3.8, 4) is 11.5 Å². The maximum atomic E-state index is 13.9. The van der Waals surface area contributed by atoms with E-state index < -0.39 is 16.2 Å². The normalized spacial score (nSPS) is 20.8. The summed E-state index contributed by atoms with van der Waals surface area (Å²) in [4.78, 5) is 2.61. The highest BCUT2D eigenvalue weighted by Crippen LogP contribution is 2.47. The summed E-state index contributed by atoms with van der Waals surface area (Å²) in [5.41, 5.74) is 3.37. The van der Waals surface area contributed by atoms with Crippen LogP contribution >= 0.6 is 0 Å². The fraction of sp³-hybridized carbons (Fsp3) is 0.308. The van der Waals surface area contributed by atoms with Gasteiger partial charge in [-0.25, -0.2) is 8.42 Å². The first-order chi connectivity index (χ1) is 16.0. The second kappa shape index (κ2) is 8.82. The van der Waals surface area contributed by atoms with Gasteiger partial charge in [0.25, 0.3) is 0 Å². The topological polar surface area (TPSA) is 59.1 Å². The van der Waals surface area contributed by atoms with Gasteiger partial charge in [0, 0.05) is 13.1 Å². The monoisotopic (exact) mass is 464 g/mol. The van der Waals surface area contributed by atoms with Crippen LogP contribution in [0.4, 0.5) is 0 Å². The minimum absolute atomic E-state index is 0.00363. The van der Waals surface area contributed by atoms with Crippen LogP contribution in [0.25, 0.3) is 0 Å². The van der Waals surface area contributed by atoms with Gasteiger partial charge < -0.3 is 9.47 Å². The van der Waals surface area contributed by atoms with E-state index in [0.29, 0.717) is 29.5 Å². The third-order valence-corrected chi connectivity index (χ3v) is 8.36. The highest BCUT2D eigenvalue weighted by Gasteiger charge is 2.48. The third-order valence-electron chi connectivity index (χ3n) is 6.53. The van der Waals surface area contributed by atoms with Crippen LogP contribution in [0.15, 0.2) is 77.7 Å². The summed E-state index contributed by atoms with van der Waals surface area (Å²) in [7, 11) is -2.11. The Labute approximate surface area is 195 Å². The van der Waals surface area contributed by atoms with Gasteiger partial charge in [-0.1, -0.05) is 48.5 Å². The molecule has 1 saturated heterocycles. The zero-order valence-corrected chi connectivity index (χ0v) is 19.7. The van der Waals surface area contributed by atoms with Crippen LogP contribution in [0.2, 0.25) is 0 Å². The van der Waals surface area contributed by atoms with Gasteiger partial charge in [-0.3, -0.25) is 4.90 Å². The number of sulfonamides is 1. The lowest BCUT2D eigenvalue weighted by Gasteiger charge is -2.36. The number of methoxy groups -OCH3 is 1. The van der Waals surface area contributed by atoms with Crippen molar-refractivity contribution in [2.75, 3.05) is 26.8 Å². The van der Waals surface area contributed by atoms with Crippen molar-refractivity contribution in [3.63, 3.8) is 0 Å². The molecule has 33 heavy (non-hydrogen) atoms. The molecule has 0 N–H and O–H groups in total. The Balaban J connectivity index is 1.64. The van der Waals surface area contributed by atoms with Crippen LogP contribution in [-0.2, 0) is 16.4 Å². The minimum atomic E-state index is -3.72. The largest absolute Gasteiger partial charge is 0.493 e. The van der Waals surface area contributed by atoms with Crippen LogP contribution in [0.5, 0.6) is 11.5 Å². The second-order valence-corrected chi connectivity index (χ2v) is 10.2. The molecule has 0 saturated carbocycles. The van der Waals surface area contributed by atoms with Gasteiger partial charge in [0.05, 0.1) is 24.7 Å². The molecule has 0 spiro atoms. The summed E-state index contributed by atoms with van der Waals surface area (Å²) in [6, 6.07) is 22.8. The molecule has 2 atom stereocenters. The first kappa shape index (κ1) is 21.9. The van der Waals surface area contributed by atoms with Crippen LogP contribution < -0.4 is 9.47 Å². The van der Waals surface area contributed by atoms with Gasteiger partial charge in [0.15, 0.2) is 11.5 Å². The Bertz CT molecular complexity index is 1250. The van der Waals surface area contributed by atoms with Crippen LogP contribution in [0.3, 0.4) is 0 Å². The third kappa shape index (κ3) is 3.80. The van der Waals surface area contributed by atoms with E-state index in [1.807, 2.05) is 37.3 Å². The van der Waals surface area contributed by atoms with Crippen molar-refractivity contribution in [2.24, 2.45) is 0 Å². The Morgan fingerprint density at radius 1 is 0.970 bits per heavy atom. The number of hydrogen-bond donors (Lipinski definition) is 0. The van der Waals surface area contributed by atoms with Crippen molar-refractivity contribution >= 4 is 10.0 Å². The first-order valence-corrected chi connectivity index (χ1v) is 12.7. The van der Waals surface area contributed by atoms with Crippen molar-refractivity contribution < 1.29 is 17.9 Å². The Hall–Kier alpha value is -2.87. The zero-order valence-electron chi connectivity index (χ0n) is 18.8.